The first-order chi connectivity index (χ1) is 8.09. The average molecular weight is 336 g/mol. The van der Waals surface area contributed by atoms with Gasteiger partial charge >= 0.3 is 0 Å². The van der Waals surface area contributed by atoms with Crippen molar-refractivity contribution in [3.8, 4) is 0 Å². The zero-order valence-corrected chi connectivity index (χ0v) is 14.1. The summed E-state index contributed by atoms with van der Waals surface area (Å²) in [6, 6.07) is 0. The van der Waals surface area contributed by atoms with Crippen molar-refractivity contribution in [3.63, 3.8) is 0 Å². The first-order valence-electron chi connectivity index (χ1n) is 5.97. The second-order valence-electron chi connectivity index (χ2n) is 5.69. The van der Waals surface area contributed by atoms with Crippen molar-refractivity contribution in [2.45, 2.75) is 52.6 Å². The van der Waals surface area contributed by atoms with Gasteiger partial charge in [0.2, 0.25) is 0 Å². The van der Waals surface area contributed by atoms with Gasteiger partial charge in [-0.15, -0.1) is 0 Å². The Morgan fingerprint density at radius 1 is 1.17 bits per heavy atom. The number of aromatic nitrogens is 2. The van der Waals surface area contributed by atoms with Crippen LogP contribution in [-0.2, 0) is 15.8 Å². The Balaban J connectivity index is 3.38. The topological polar surface area (TPSA) is 35.0 Å². The van der Waals surface area contributed by atoms with Gasteiger partial charge in [-0.25, -0.2) is 9.97 Å². The maximum atomic E-state index is 6.18. The molecule has 1 heterocycles. The van der Waals surface area contributed by atoms with E-state index in [2.05, 4.69) is 46.7 Å². The Bertz CT molecular complexity index is 441. The summed E-state index contributed by atoms with van der Waals surface area (Å²) in [6.45, 7) is 12.7. The lowest BCUT2D eigenvalue weighted by molar-refractivity contribution is -0.0211. The fourth-order valence-corrected chi connectivity index (χ4v) is 2.55. The van der Waals surface area contributed by atoms with Gasteiger partial charge in [0.05, 0.1) is 10.2 Å². The molecule has 1 aromatic heterocycles. The van der Waals surface area contributed by atoms with E-state index in [9.17, 15) is 0 Å². The molecule has 0 aliphatic rings. The highest BCUT2D eigenvalue weighted by Crippen LogP contribution is 2.34. The maximum absolute atomic E-state index is 6.18. The molecule has 0 saturated carbocycles. The van der Waals surface area contributed by atoms with Gasteiger partial charge in [0, 0.05) is 12.0 Å². The molecule has 1 aromatic rings. The standard InChI is InChI=1S/C13H20BrClN2O/c1-7-18-13(5,6)11-16-9(12(2,3)4)8(14)10(15)17-11/h7H2,1-6H3. The highest BCUT2D eigenvalue weighted by Gasteiger charge is 2.29. The summed E-state index contributed by atoms with van der Waals surface area (Å²) >= 11 is 9.64. The summed E-state index contributed by atoms with van der Waals surface area (Å²) in [5, 5.41) is 0.428. The molecular formula is C13H20BrClN2O. The molecule has 18 heavy (non-hydrogen) atoms. The fraction of sp³-hybridized carbons (Fsp3) is 0.692. The Morgan fingerprint density at radius 2 is 1.72 bits per heavy atom. The van der Waals surface area contributed by atoms with E-state index in [4.69, 9.17) is 16.3 Å². The fourth-order valence-electron chi connectivity index (χ4n) is 1.61. The Hall–Kier alpha value is -0.190. The Kier molecular flexibility index (Phi) is 4.79. The first kappa shape index (κ1) is 15.9. The van der Waals surface area contributed by atoms with Crippen LogP contribution in [0.5, 0.6) is 0 Å². The third-order valence-corrected chi connectivity index (χ3v) is 3.82. The molecule has 0 aromatic carbocycles. The molecule has 0 aliphatic carbocycles. The van der Waals surface area contributed by atoms with Crippen molar-refractivity contribution in [1.82, 2.24) is 9.97 Å². The molecule has 0 radical (unpaired) electrons. The van der Waals surface area contributed by atoms with Crippen LogP contribution in [-0.4, -0.2) is 16.6 Å². The van der Waals surface area contributed by atoms with E-state index in [-0.39, 0.29) is 5.41 Å². The van der Waals surface area contributed by atoms with E-state index in [0.717, 1.165) is 10.2 Å². The molecule has 0 bridgehead atoms. The first-order valence-corrected chi connectivity index (χ1v) is 7.14. The molecule has 0 fully saturated rings. The van der Waals surface area contributed by atoms with Crippen LogP contribution in [0, 0.1) is 0 Å². The summed E-state index contributed by atoms with van der Waals surface area (Å²) < 4.78 is 6.44. The SMILES string of the molecule is CCOC(C)(C)c1nc(Cl)c(Br)c(C(C)(C)C)n1. The normalized spacial score (nSPS) is 12.9. The van der Waals surface area contributed by atoms with Crippen LogP contribution in [0.4, 0.5) is 0 Å². The molecule has 0 atom stereocenters. The predicted molar refractivity (Wildman–Crippen MR) is 78.1 cm³/mol. The second kappa shape index (κ2) is 5.43. The lowest BCUT2D eigenvalue weighted by Gasteiger charge is -2.26. The Labute approximate surface area is 122 Å². The van der Waals surface area contributed by atoms with E-state index in [1.165, 1.54) is 0 Å². The largest absolute Gasteiger partial charge is 0.368 e. The number of ether oxygens (including phenoxy) is 1. The molecule has 0 aliphatic heterocycles. The third kappa shape index (κ3) is 3.43. The van der Waals surface area contributed by atoms with Crippen LogP contribution >= 0.6 is 27.5 Å². The van der Waals surface area contributed by atoms with Crippen molar-refractivity contribution < 1.29 is 4.74 Å². The molecule has 5 heteroatoms. The van der Waals surface area contributed by atoms with Gasteiger partial charge in [-0.3, -0.25) is 0 Å². The lowest BCUT2D eigenvalue weighted by atomic mass is 9.91. The second-order valence-corrected chi connectivity index (χ2v) is 6.84. The maximum Gasteiger partial charge on any atom is 0.161 e. The van der Waals surface area contributed by atoms with E-state index in [0.29, 0.717) is 17.6 Å². The number of rotatable bonds is 3. The highest BCUT2D eigenvalue weighted by atomic mass is 79.9. The van der Waals surface area contributed by atoms with Crippen LogP contribution in [0.25, 0.3) is 0 Å². The summed E-state index contributed by atoms with van der Waals surface area (Å²) in [6.07, 6.45) is 0. The van der Waals surface area contributed by atoms with Gasteiger partial charge < -0.3 is 4.74 Å². The molecule has 102 valence electrons. The molecule has 3 nitrogen and oxygen atoms in total. The smallest absolute Gasteiger partial charge is 0.161 e. The summed E-state index contributed by atoms with van der Waals surface area (Å²) in [5.74, 6) is 0.613. The average Bonchev–Trinajstić information content (AvgIpc) is 2.19. The van der Waals surface area contributed by atoms with E-state index < -0.39 is 5.60 Å². The molecular weight excluding hydrogens is 316 g/mol. The van der Waals surface area contributed by atoms with Gasteiger partial charge in [-0.1, -0.05) is 32.4 Å². The van der Waals surface area contributed by atoms with Crippen LogP contribution in [0.1, 0.15) is 53.1 Å². The summed E-state index contributed by atoms with van der Waals surface area (Å²) in [5.41, 5.74) is 0.243. The van der Waals surface area contributed by atoms with Gasteiger partial charge in [-0.05, 0) is 36.7 Å². The minimum atomic E-state index is -0.543. The van der Waals surface area contributed by atoms with Crippen LogP contribution < -0.4 is 0 Å². The van der Waals surface area contributed by atoms with E-state index in [1.54, 1.807) is 0 Å². The molecule has 0 N–H and O–H groups in total. The van der Waals surface area contributed by atoms with Crippen LogP contribution in [0.2, 0.25) is 5.15 Å². The van der Waals surface area contributed by atoms with Crippen LogP contribution in [0.15, 0.2) is 4.47 Å². The van der Waals surface area contributed by atoms with Crippen molar-refractivity contribution in [2.24, 2.45) is 0 Å². The minimum Gasteiger partial charge on any atom is -0.368 e. The Morgan fingerprint density at radius 3 is 2.17 bits per heavy atom. The molecule has 0 saturated heterocycles. The highest BCUT2D eigenvalue weighted by molar-refractivity contribution is 9.10. The van der Waals surface area contributed by atoms with Gasteiger partial charge in [0.25, 0.3) is 0 Å². The minimum absolute atomic E-state index is 0.109. The predicted octanol–water partition coefficient (Wildman–Crippen LogP) is 4.46. The van der Waals surface area contributed by atoms with Gasteiger partial charge in [0.1, 0.15) is 10.8 Å². The van der Waals surface area contributed by atoms with Gasteiger partial charge in [0.15, 0.2) is 5.82 Å². The number of nitrogens with zero attached hydrogens (tertiary/aromatic N) is 2. The summed E-state index contributed by atoms with van der Waals surface area (Å²) in [4.78, 5) is 8.95. The number of halogens is 2. The molecule has 1 rings (SSSR count). The van der Waals surface area contributed by atoms with E-state index >= 15 is 0 Å². The molecule has 0 amide bonds. The lowest BCUT2D eigenvalue weighted by Crippen LogP contribution is -2.27. The zero-order chi connectivity index (χ0) is 14.1. The third-order valence-electron chi connectivity index (χ3n) is 2.56. The number of hydrogen-bond donors (Lipinski definition) is 0. The zero-order valence-electron chi connectivity index (χ0n) is 11.8. The van der Waals surface area contributed by atoms with Crippen molar-refractivity contribution in [3.05, 3.63) is 21.1 Å². The van der Waals surface area contributed by atoms with Crippen molar-refractivity contribution in [2.75, 3.05) is 6.61 Å². The number of hydrogen-bond acceptors (Lipinski definition) is 3. The van der Waals surface area contributed by atoms with Crippen molar-refractivity contribution in [1.29, 1.82) is 0 Å². The monoisotopic (exact) mass is 334 g/mol. The molecule has 0 spiro atoms. The van der Waals surface area contributed by atoms with Crippen molar-refractivity contribution >= 4 is 27.5 Å². The summed E-state index contributed by atoms with van der Waals surface area (Å²) in [7, 11) is 0. The molecule has 0 unspecified atom stereocenters. The quantitative estimate of drug-likeness (QED) is 0.765. The van der Waals surface area contributed by atoms with Gasteiger partial charge in [-0.2, -0.15) is 0 Å². The van der Waals surface area contributed by atoms with Crippen LogP contribution in [0.3, 0.4) is 0 Å². The van der Waals surface area contributed by atoms with E-state index in [1.807, 2.05) is 20.8 Å².